The number of carbonyl (C=O) groups excluding carboxylic acids is 3. The third kappa shape index (κ3) is 5.13. The van der Waals surface area contributed by atoms with Crippen molar-refractivity contribution in [2.75, 3.05) is 13.1 Å². The molecule has 1 unspecified atom stereocenters. The molecule has 7 heteroatoms. The van der Waals surface area contributed by atoms with Crippen LogP contribution in [-0.4, -0.2) is 49.9 Å². The van der Waals surface area contributed by atoms with Gasteiger partial charge in [0.1, 0.15) is 5.92 Å². The SMILES string of the molecule is C=C1C=CCC=c2c1c(C)n(CC)/c2=C\C=C1\CC/C(=C/C=c2/c3cccc4cccc(c43)n2CC)C1C1C(=O)N(CC)C(=O)N(CC)C1=O. The Morgan fingerprint density at radius 2 is 1.38 bits per heavy atom. The molecular formula is C43H46N4O3. The lowest BCUT2D eigenvalue weighted by Crippen LogP contribution is -2.61. The first kappa shape index (κ1) is 33.3. The monoisotopic (exact) mass is 666 g/mol. The molecule has 0 bridgehead atoms. The quantitative estimate of drug-likeness (QED) is 0.215. The molecule has 0 radical (unpaired) electrons. The maximum absolute atomic E-state index is 14.1. The molecule has 3 heterocycles. The van der Waals surface area contributed by atoms with Gasteiger partial charge in [-0.05, 0) is 83.1 Å². The maximum Gasteiger partial charge on any atom is 0.333 e. The van der Waals surface area contributed by atoms with Crippen LogP contribution >= 0.6 is 0 Å². The first-order valence-electron chi connectivity index (χ1n) is 18.1. The number of rotatable bonds is 7. The fourth-order valence-corrected chi connectivity index (χ4v) is 8.67. The zero-order chi connectivity index (χ0) is 35.3. The summed E-state index contributed by atoms with van der Waals surface area (Å²) in [6, 6.07) is 12.3. The second kappa shape index (κ2) is 13.3. The highest BCUT2D eigenvalue weighted by atomic mass is 16.2. The average Bonchev–Trinajstić information content (AvgIpc) is 3.69. The normalized spacial score (nSPS) is 21.2. The van der Waals surface area contributed by atoms with Crippen LogP contribution in [-0.2, 0) is 22.7 Å². The van der Waals surface area contributed by atoms with Gasteiger partial charge in [-0.25, -0.2) is 4.79 Å². The summed E-state index contributed by atoms with van der Waals surface area (Å²) in [5, 5.41) is 7.02. The Hall–Kier alpha value is -5.17. The second-order valence-corrected chi connectivity index (χ2v) is 13.4. The highest BCUT2D eigenvalue weighted by molar-refractivity contribution is 6.16. The first-order valence-corrected chi connectivity index (χ1v) is 18.1. The number of amides is 4. The fourth-order valence-electron chi connectivity index (χ4n) is 8.67. The van der Waals surface area contributed by atoms with Gasteiger partial charge in [0, 0.05) is 75.6 Å². The molecule has 256 valence electrons. The topological polar surface area (TPSA) is 67.6 Å². The van der Waals surface area contributed by atoms with Crippen LogP contribution in [0.1, 0.15) is 58.2 Å². The third-order valence-corrected chi connectivity index (χ3v) is 11.0. The Labute approximate surface area is 293 Å². The van der Waals surface area contributed by atoms with Crippen molar-refractivity contribution in [1.82, 2.24) is 18.9 Å². The summed E-state index contributed by atoms with van der Waals surface area (Å²) < 4.78 is 4.65. The van der Waals surface area contributed by atoms with Gasteiger partial charge in [0.15, 0.2) is 0 Å². The van der Waals surface area contributed by atoms with Crippen LogP contribution < -0.4 is 15.9 Å². The van der Waals surface area contributed by atoms with E-state index in [0.29, 0.717) is 0 Å². The molecule has 50 heavy (non-hydrogen) atoms. The standard InChI is InChI=1S/C43H46N4O3/c1-7-44-28(6)37-27(5)15-11-12-18-32(37)34(44)25-23-30-21-22-31(38(30)40-41(48)46(9-3)43(50)47(10-4)42(40)49)24-26-35-33-19-13-16-29-17-14-20-36(39(29)33)45(35)8-2/h11,13-20,23-26,38,40H,5,7-10,12,21-22H2,1-4,6H3/b30-23-,31-24-,34-25-,35-26-. The van der Waals surface area contributed by atoms with Crippen molar-refractivity contribution >= 4 is 63.3 Å². The summed E-state index contributed by atoms with van der Waals surface area (Å²) in [6.45, 7) is 16.4. The van der Waals surface area contributed by atoms with Gasteiger partial charge in [-0.2, -0.15) is 0 Å². The van der Waals surface area contributed by atoms with E-state index in [-0.39, 0.29) is 13.1 Å². The largest absolute Gasteiger partial charge is 0.345 e. The lowest BCUT2D eigenvalue weighted by Gasteiger charge is -2.38. The van der Waals surface area contributed by atoms with Gasteiger partial charge >= 0.3 is 6.03 Å². The van der Waals surface area contributed by atoms with Gasteiger partial charge in [0.2, 0.25) is 11.8 Å². The summed E-state index contributed by atoms with van der Waals surface area (Å²) in [7, 11) is 0. The molecule has 1 aliphatic heterocycles. The van der Waals surface area contributed by atoms with E-state index in [9.17, 15) is 14.4 Å². The Kier molecular flexibility index (Phi) is 8.85. The number of carbonyl (C=O) groups is 3. The highest BCUT2D eigenvalue weighted by Gasteiger charge is 2.50. The molecule has 1 saturated heterocycles. The van der Waals surface area contributed by atoms with Crippen molar-refractivity contribution < 1.29 is 14.4 Å². The Bertz CT molecular complexity index is 2330. The van der Waals surface area contributed by atoms with E-state index in [4.69, 9.17) is 0 Å². The molecule has 2 fully saturated rings. The molecule has 4 aromatic rings. The average molecular weight is 667 g/mol. The van der Waals surface area contributed by atoms with Crippen molar-refractivity contribution in [3.8, 4) is 0 Å². The van der Waals surface area contributed by atoms with Crippen LogP contribution in [0.15, 0.2) is 78.4 Å². The van der Waals surface area contributed by atoms with Gasteiger partial charge in [-0.3, -0.25) is 19.4 Å². The fraction of sp³-hybridized carbons (Fsp3) is 0.326. The number of fused-ring (bicyclic) bond motifs is 1. The summed E-state index contributed by atoms with van der Waals surface area (Å²) >= 11 is 0. The summed E-state index contributed by atoms with van der Waals surface area (Å²) in [5.74, 6) is -2.28. The van der Waals surface area contributed by atoms with Gasteiger partial charge in [-0.1, -0.05) is 78.4 Å². The second-order valence-electron chi connectivity index (χ2n) is 13.4. The molecule has 0 spiro atoms. The first-order chi connectivity index (χ1) is 24.2. The predicted molar refractivity (Wildman–Crippen MR) is 203 cm³/mol. The van der Waals surface area contributed by atoms with Crippen LogP contribution in [0.3, 0.4) is 0 Å². The van der Waals surface area contributed by atoms with Crippen molar-refractivity contribution in [2.24, 2.45) is 11.8 Å². The van der Waals surface area contributed by atoms with Gasteiger partial charge in [0.05, 0.1) is 0 Å². The van der Waals surface area contributed by atoms with Gasteiger partial charge in [-0.15, -0.1) is 0 Å². The molecular weight excluding hydrogens is 620 g/mol. The number of aromatic nitrogens is 2. The van der Waals surface area contributed by atoms with Crippen molar-refractivity contribution in [3.05, 3.63) is 106 Å². The molecule has 2 aromatic heterocycles. The molecule has 2 aliphatic carbocycles. The molecule has 7 rings (SSSR count). The molecule has 3 aliphatic rings. The highest BCUT2D eigenvalue weighted by Crippen LogP contribution is 2.44. The number of allylic oxidation sites excluding steroid dienone is 7. The zero-order valence-electron chi connectivity index (χ0n) is 29.8. The summed E-state index contributed by atoms with van der Waals surface area (Å²) in [5.41, 5.74) is 6.62. The van der Waals surface area contributed by atoms with Gasteiger partial charge < -0.3 is 9.13 Å². The van der Waals surface area contributed by atoms with E-state index in [1.165, 1.54) is 48.0 Å². The van der Waals surface area contributed by atoms with E-state index >= 15 is 0 Å². The lowest BCUT2D eigenvalue weighted by molar-refractivity contribution is -0.150. The van der Waals surface area contributed by atoms with Crippen LogP contribution in [0.25, 0.3) is 45.5 Å². The van der Waals surface area contributed by atoms with Crippen molar-refractivity contribution in [2.45, 2.75) is 67.0 Å². The zero-order valence-corrected chi connectivity index (χ0v) is 29.8. The van der Waals surface area contributed by atoms with E-state index < -0.39 is 29.7 Å². The maximum atomic E-state index is 14.1. The van der Waals surface area contributed by atoms with E-state index in [2.05, 4.69) is 115 Å². The number of barbiturate groups is 1. The number of hydrogen-bond donors (Lipinski definition) is 0. The molecule has 1 atom stereocenters. The summed E-state index contributed by atoms with van der Waals surface area (Å²) in [6.07, 6.45) is 17.4. The number of nitrogens with zero attached hydrogens (tertiary/aromatic N) is 4. The van der Waals surface area contributed by atoms with Crippen molar-refractivity contribution in [3.63, 3.8) is 0 Å². The van der Waals surface area contributed by atoms with E-state index in [1.54, 1.807) is 13.8 Å². The minimum absolute atomic E-state index is 0.218. The number of aryl methyl sites for hydroxylation is 1. The lowest BCUT2D eigenvalue weighted by atomic mass is 9.81. The Balaban J connectivity index is 1.43. The molecule has 7 nitrogen and oxygen atoms in total. The van der Waals surface area contributed by atoms with Gasteiger partial charge in [0.25, 0.3) is 0 Å². The van der Waals surface area contributed by atoms with Crippen LogP contribution in [0, 0.1) is 18.8 Å². The predicted octanol–water partition coefficient (Wildman–Crippen LogP) is 6.39. The molecule has 0 N–H and O–H groups in total. The van der Waals surface area contributed by atoms with Crippen LogP contribution in [0.4, 0.5) is 4.79 Å². The number of urea groups is 1. The van der Waals surface area contributed by atoms with E-state index in [0.717, 1.165) is 59.8 Å². The Morgan fingerprint density at radius 3 is 2.00 bits per heavy atom. The number of imide groups is 2. The van der Waals surface area contributed by atoms with E-state index in [1.807, 2.05) is 0 Å². The van der Waals surface area contributed by atoms with Crippen molar-refractivity contribution in [1.29, 1.82) is 0 Å². The smallest absolute Gasteiger partial charge is 0.333 e. The number of hydrogen-bond acceptors (Lipinski definition) is 3. The van der Waals surface area contributed by atoms with Crippen LogP contribution in [0.2, 0.25) is 0 Å². The Morgan fingerprint density at radius 1 is 0.760 bits per heavy atom. The van der Waals surface area contributed by atoms with Crippen LogP contribution in [0.5, 0.6) is 0 Å². The molecule has 1 saturated carbocycles. The minimum atomic E-state index is -1.00. The minimum Gasteiger partial charge on any atom is -0.345 e. The third-order valence-electron chi connectivity index (χ3n) is 11.0. The molecule has 2 aromatic carbocycles. The molecule has 4 amide bonds. The summed E-state index contributed by atoms with van der Waals surface area (Å²) in [4.78, 5) is 44.0. The number of benzene rings is 2.